The average Bonchev–Trinajstić information content (AvgIpc) is 2.98. The predicted molar refractivity (Wildman–Crippen MR) is 52.2 cm³/mol. The van der Waals surface area contributed by atoms with Gasteiger partial charge in [-0.1, -0.05) is 0 Å². The van der Waals surface area contributed by atoms with Gasteiger partial charge in [-0.3, -0.25) is 9.59 Å². The molecule has 0 spiro atoms. The normalized spacial score (nSPS) is 17.5. The molecule has 1 unspecified atom stereocenters. The van der Waals surface area contributed by atoms with E-state index in [4.69, 9.17) is 0 Å². The van der Waals surface area contributed by atoms with Crippen LogP contribution in [0.4, 0.5) is 0 Å². The quantitative estimate of drug-likeness (QED) is 0.536. The molecule has 1 aromatic rings. The molecule has 2 rings (SSSR count). The van der Waals surface area contributed by atoms with Crippen LogP contribution in [0.2, 0.25) is 0 Å². The Morgan fingerprint density at radius 3 is 2.67 bits per heavy atom. The summed E-state index contributed by atoms with van der Waals surface area (Å²) in [5.74, 6) is -0.638. The first-order valence-corrected chi connectivity index (χ1v) is 5.04. The van der Waals surface area contributed by atoms with E-state index in [-0.39, 0.29) is 23.2 Å². The van der Waals surface area contributed by atoms with Gasteiger partial charge in [0, 0.05) is 13.0 Å². The summed E-state index contributed by atoms with van der Waals surface area (Å²) in [6, 6.07) is 0. The molecule has 1 aliphatic rings. The summed E-state index contributed by atoms with van der Waals surface area (Å²) in [4.78, 5) is 24.8. The Bertz CT molecular complexity index is 407. The minimum absolute atomic E-state index is 0.0469. The Labute approximate surface area is 87.5 Å². The Morgan fingerprint density at radius 1 is 1.53 bits per heavy atom. The summed E-state index contributed by atoms with van der Waals surface area (Å²) in [5.41, 5.74) is 0.277. The number of Topliss-reactive ketones (excluding diaryl/α,β-unsaturated/α-hetero) is 2. The average molecular weight is 207 g/mol. The molecular formula is C10H13N3O2. The van der Waals surface area contributed by atoms with Crippen molar-refractivity contribution in [3.63, 3.8) is 0 Å². The number of carbonyl (C=O) groups excluding carboxylic acids is 2. The molecule has 1 aliphatic carbocycles. The zero-order chi connectivity index (χ0) is 11.0. The van der Waals surface area contributed by atoms with Crippen LogP contribution in [0.3, 0.4) is 0 Å². The lowest BCUT2D eigenvalue weighted by molar-refractivity contribution is -0.122. The summed E-state index contributed by atoms with van der Waals surface area (Å²) >= 11 is 0. The second-order valence-electron chi connectivity index (χ2n) is 3.98. The maximum atomic E-state index is 11.8. The number of ketones is 2. The zero-order valence-corrected chi connectivity index (χ0v) is 8.80. The van der Waals surface area contributed by atoms with Crippen molar-refractivity contribution in [2.24, 2.45) is 18.9 Å². The van der Waals surface area contributed by atoms with Crippen molar-refractivity contribution >= 4 is 11.6 Å². The lowest BCUT2D eigenvalue weighted by Crippen LogP contribution is -2.23. The number of rotatable bonds is 4. The molecule has 1 atom stereocenters. The number of aromatic nitrogens is 3. The minimum atomic E-state index is -0.575. The van der Waals surface area contributed by atoms with Gasteiger partial charge in [0.25, 0.3) is 0 Å². The number of hydrogen-bond acceptors (Lipinski definition) is 4. The molecule has 5 nitrogen and oxygen atoms in total. The third kappa shape index (κ3) is 1.95. The van der Waals surface area contributed by atoms with Gasteiger partial charge in [-0.15, -0.1) is 0 Å². The highest BCUT2D eigenvalue weighted by Crippen LogP contribution is 2.32. The molecule has 1 aromatic heterocycles. The van der Waals surface area contributed by atoms with Gasteiger partial charge in [-0.25, -0.2) is 0 Å². The standard InChI is InChI=1S/C10H13N3O2/c1-6(9(14)7-3-4-7)10(15)8-5-11-13(2)12-8/h5-7H,3-4H2,1-2H3. The van der Waals surface area contributed by atoms with E-state index in [1.807, 2.05) is 0 Å². The third-order valence-corrected chi connectivity index (χ3v) is 2.65. The van der Waals surface area contributed by atoms with Crippen LogP contribution >= 0.6 is 0 Å². The van der Waals surface area contributed by atoms with Gasteiger partial charge in [0.05, 0.1) is 12.1 Å². The van der Waals surface area contributed by atoms with Gasteiger partial charge in [0.1, 0.15) is 11.5 Å². The fourth-order valence-corrected chi connectivity index (χ4v) is 1.53. The molecule has 80 valence electrons. The van der Waals surface area contributed by atoms with Crippen LogP contribution in [0.5, 0.6) is 0 Å². The Kier molecular flexibility index (Phi) is 2.38. The van der Waals surface area contributed by atoms with Gasteiger partial charge >= 0.3 is 0 Å². The molecule has 5 heteroatoms. The van der Waals surface area contributed by atoms with Gasteiger partial charge < -0.3 is 0 Å². The Balaban J connectivity index is 2.09. The molecule has 0 bridgehead atoms. The summed E-state index contributed by atoms with van der Waals surface area (Å²) in [6.45, 7) is 1.65. The van der Waals surface area contributed by atoms with Gasteiger partial charge in [0.2, 0.25) is 0 Å². The van der Waals surface area contributed by atoms with Gasteiger partial charge in [0.15, 0.2) is 5.78 Å². The van der Waals surface area contributed by atoms with E-state index >= 15 is 0 Å². The van der Waals surface area contributed by atoms with E-state index in [0.717, 1.165) is 12.8 Å². The number of carbonyl (C=O) groups is 2. The number of hydrogen-bond donors (Lipinski definition) is 0. The SMILES string of the molecule is CC(C(=O)c1cnn(C)n1)C(=O)C1CC1. The van der Waals surface area contributed by atoms with E-state index in [1.54, 1.807) is 14.0 Å². The zero-order valence-electron chi connectivity index (χ0n) is 8.80. The minimum Gasteiger partial charge on any atom is -0.299 e. The molecule has 0 N–H and O–H groups in total. The summed E-state index contributed by atoms with van der Waals surface area (Å²) < 4.78 is 0. The van der Waals surface area contributed by atoms with Crippen molar-refractivity contribution in [3.8, 4) is 0 Å². The smallest absolute Gasteiger partial charge is 0.194 e. The highest BCUT2D eigenvalue weighted by atomic mass is 16.2. The molecular weight excluding hydrogens is 194 g/mol. The topological polar surface area (TPSA) is 64.8 Å². The molecule has 1 fully saturated rings. The first-order valence-electron chi connectivity index (χ1n) is 5.04. The highest BCUT2D eigenvalue weighted by molar-refractivity contribution is 6.10. The largest absolute Gasteiger partial charge is 0.299 e. The van der Waals surface area contributed by atoms with Crippen LogP contribution < -0.4 is 0 Å². The van der Waals surface area contributed by atoms with Gasteiger partial charge in [-0.05, 0) is 19.8 Å². The maximum Gasteiger partial charge on any atom is 0.194 e. The van der Waals surface area contributed by atoms with Crippen LogP contribution in [0.15, 0.2) is 6.20 Å². The van der Waals surface area contributed by atoms with Crippen molar-refractivity contribution in [1.82, 2.24) is 15.0 Å². The third-order valence-electron chi connectivity index (χ3n) is 2.65. The van der Waals surface area contributed by atoms with Crippen LogP contribution in [-0.4, -0.2) is 26.6 Å². The van der Waals surface area contributed by atoms with Crippen molar-refractivity contribution < 1.29 is 9.59 Å². The van der Waals surface area contributed by atoms with Crippen LogP contribution in [-0.2, 0) is 11.8 Å². The lowest BCUT2D eigenvalue weighted by atomic mass is 9.96. The maximum absolute atomic E-state index is 11.8. The van der Waals surface area contributed by atoms with E-state index in [2.05, 4.69) is 10.2 Å². The Hall–Kier alpha value is -1.52. The van der Waals surface area contributed by atoms with E-state index < -0.39 is 5.92 Å². The van der Waals surface area contributed by atoms with Crippen molar-refractivity contribution in [1.29, 1.82) is 0 Å². The monoisotopic (exact) mass is 207 g/mol. The van der Waals surface area contributed by atoms with Crippen molar-refractivity contribution in [2.45, 2.75) is 19.8 Å². The second-order valence-corrected chi connectivity index (χ2v) is 3.98. The predicted octanol–water partition coefficient (Wildman–Crippen LogP) is 0.613. The Morgan fingerprint density at radius 2 is 2.20 bits per heavy atom. The molecule has 1 saturated carbocycles. The molecule has 1 heterocycles. The first kappa shape index (κ1) is 10.0. The fraction of sp³-hybridized carbons (Fsp3) is 0.600. The summed E-state index contributed by atoms with van der Waals surface area (Å²) in [7, 11) is 1.64. The first-order chi connectivity index (χ1) is 7.09. The van der Waals surface area contributed by atoms with Crippen LogP contribution in [0.1, 0.15) is 30.3 Å². The van der Waals surface area contributed by atoms with Gasteiger partial charge in [-0.2, -0.15) is 15.0 Å². The van der Waals surface area contributed by atoms with E-state index in [9.17, 15) is 9.59 Å². The molecule has 0 saturated heterocycles. The molecule has 0 radical (unpaired) electrons. The number of aryl methyl sites for hydroxylation is 1. The van der Waals surface area contributed by atoms with Crippen molar-refractivity contribution in [2.75, 3.05) is 0 Å². The van der Waals surface area contributed by atoms with Crippen LogP contribution in [0, 0.1) is 11.8 Å². The van der Waals surface area contributed by atoms with E-state index in [1.165, 1.54) is 11.0 Å². The number of nitrogens with zero attached hydrogens (tertiary/aromatic N) is 3. The lowest BCUT2D eigenvalue weighted by Gasteiger charge is -2.05. The molecule has 0 aromatic carbocycles. The molecule has 15 heavy (non-hydrogen) atoms. The summed E-state index contributed by atoms with van der Waals surface area (Å²) in [6.07, 6.45) is 3.26. The molecule has 0 amide bonds. The molecule has 0 aliphatic heterocycles. The summed E-state index contributed by atoms with van der Waals surface area (Å²) in [5, 5.41) is 7.71. The fourth-order valence-electron chi connectivity index (χ4n) is 1.53. The second kappa shape index (κ2) is 3.56. The van der Waals surface area contributed by atoms with Crippen LogP contribution in [0.25, 0.3) is 0 Å². The van der Waals surface area contributed by atoms with E-state index in [0.29, 0.717) is 0 Å². The highest BCUT2D eigenvalue weighted by Gasteiger charge is 2.36. The van der Waals surface area contributed by atoms with Crippen molar-refractivity contribution in [3.05, 3.63) is 11.9 Å².